The maximum Gasteiger partial charge on any atom is 0.127 e. The summed E-state index contributed by atoms with van der Waals surface area (Å²) < 4.78 is 5.67. The fourth-order valence-corrected chi connectivity index (χ4v) is 1.54. The summed E-state index contributed by atoms with van der Waals surface area (Å²) >= 11 is 0. The van der Waals surface area contributed by atoms with Gasteiger partial charge >= 0.3 is 0 Å². The second-order valence-electron chi connectivity index (χ2n) is 3.83. The smallest absolute Gasteiger partial charge is 0.127 e. The van der Waals surface area contributed by atoms with Gasteiger partial charge in [-0.3, -0.25) is 0 Å². The van der Waals surface area contributed by atoms with Crippen LogP contribution in [-0.4, -0.2) is 6.54 Å². The molecule has 2 aromatic carbocycles. The van der Waals surface area contributed by atoms with Crippen LogP contribution in [0.25, 0.3) is 0 Å². The van der Waals surface area contributed by atoms with Crippen molar-refractivity contribution < 1.29 is 4.74 Å². The van der Waals surface area contributed by atoms with Gasteiger partial charge in [-0.15, -0.1) is 0 Å². The molecule has 2 rings (SSSR count). The molecule has 0 aliphatic heterocycles. The first-order chi connectivity index (χ1) is 8.29. The standard InChI is InChI=1S/C14H16N2O/c15-10-14(16)11-6-8-13(9-7-11)17-12-4-2-1-3-5-12/h1-9,14H,10,15-16H2/t14-/m1/s1. The molecule has 0 aromatic heterocycles. The molecule has 17 heavy (non-hydrogen) atoms. The summed E-state index contributed by atoms with van der Waals surface area (Å²) in [6, 6.07) is 17.2. The van der Waals surface area contributed by atoms with Gasteiger partial charge in [-0.05, 0) is 29.8 Å². The van der Waals surface area contributed by atoms with E-state index in [9.17, 15) is 0 Å². The van der Waals surface area contributed by atoms with Crippen LogP contribution in [0.2, 0.25) is 0 Å². The minimum Gasteiger partial charge on any atom is -0.457 e. The molecule has 2 aromatic rings. The van der Waals surface area contributed by atoms with E-state index in [0.29, 0.717) is 6.54 Å². The Balaban J connectivity index is 2.08. The van der Waals surface area contributed by atoms with Gasteiger partial charge in [0.1, 0.15) is 11.5 Å². The summed E-state index contributed by atoms with van der Waals surface area (Å²) in [5.74, 6) is 1.62. The molecule has 0 saturated heterocycles. The van der Waals surface area contributed by atoms with E-state index in [4.69, 9.17) is 16.2 Å². The van der Waals surface area contributed by atoms with E-state index < -0.39 is 0 Å². The number of nitrogens with two attached hydrogens (primary N) is 2. The molecule has 0 amide bonds. The van der Waals surface area contributed by atoms with Crippen molar-refractivity contribution in [2.24, 2.45) is 11.5 Å². The quantitative estimate of drug-likeness (QED) is 0.844. The van der Waals surface area contributed by atoms with Gasteiger partial charge in [0, 0.05) is 12.6 Å². The van der Waals surface area contributed by atoms with E-state index >= 15 is 0 Å². The highest BCUT2D eigenvalue weighted by Gasteiger charge is 2.03. The molecule has 0 aliphatic carbocycles. The maximum atomic E-state index is 5.83. The van der Waals surface area contributed by atoms with Crippen molar-refractivity contribution in [3.63, 3.8) is 0 Å². The lowest BCUT2D eigenvalue weighted by molar-refractivity contribution is 0.482. The summed E-state index contributed by atoms with van der Waals surface area (Å²) in [7, 11) is 0. The van der Waals surface area contributed by atoms with Crippen molar-refractivity contribution in [3.8, 4) is 11.5 Å². The Morgan fingerprint density at radius 3 is 2.06 bits per heavy atom. The fourth-order valence-electron chi connectivity index (χ4n) is 1.54. The van der Waals surface area contributed by atoms with Crippen LogP contribution in [0, 0.1) is 0 Å². The lowest BCUT2D eigenvalue weighted by atomic mass is 10.1. The molecule has 0 aliphatic rings. The van der Waals surface area contributed by atoms with Crippen LogP contribution in [-0.2, 0) is 0 Å². The van der Waals surface area contributed by atoms with Gasteiger partial charge < -0.3 is 16.2 Å². The molecule has 3 nitrogen and oxygen atoms in total. The summed E-state index contributed by atoms with van der Waals surface area (Å²) in [6.45, 7) is 0.443. The molecule has 3 heteroatoms. The number of para-hydroxylation sites is 1. The normalized spacial score (nSPS) is 12.1. The molecule has 0 unspecified atom stereocenters. The fraction of sp³-hybridized carbons (Fsp3) is 0.143. The Hall–Kier alpha value is -1.84. The van der Waals surface area contributed by atoms with Gasteiger partial charge in [0.15, 0.2) is 0 Å². The van der Waals surface area contributed by atoms with Gasteiger partial charge in [-0.25, -0.2) is 0 Å². The third-order valence-electron chi connectivity index (χ3n) is 2.54. The van der Waals surface area contributed by atoms with Crippen LogP contribution >= 0.6 is 0 Å². The zero-order chi connectivity index (χ0) is 12.1. The van der Waals surface area contributed by atoms with Gasteiger partial charge in [0.2, 0.25) is 0 Å². The first kappa shape index (κ1) is 11.6. The monoisotopic (exact) mass is 228 g/mol. The highest BCUT2D eigenvalue weighted by atomic mass is 16.5. The van der Waals surface area contributed by atoms with E-state index in [0.717, 1.165) is 17.1 Å². The number of ether oxygens (including phenoxy) is 1. The number of hydrogen-bond acceptors (Lipinski definition) is 3. The van der Waals surface area contributed by atoms with Gasteiger partial charge in [0.25, 0.3) is 0 Å². The number of hydrogen-bond donors (Lipinski definition) is 2. The molecule has 0 radical (unpaired) electrons. The van der Waals surface area contributed by atoms with Crippen LogP contribution in [0.3, 0.4) is 0 Å². The Kier molecular flexibility index (Phi) is 3.75. The van der Waals surface area contributed by atoms with Crippen LogP contribution in [0.15, 0.2) is 54.6 Å². The average Bonchev–Trinajstić information content (AvgIpc) is 2.40. The lowest BCUT2D eigenvalue weighted by Gasteiger charge is -2.10. The van der Waals surface area contributed by atoms with E-state index in [1.165, 1.54) is 0 Å². The van der Waals surface area contributed by atoms with Crippen molar-refractivity contribution in [1.82, 2.24) is 0 Å². The van der Waals surface area contributed by atoms with Crippen LogP contribution in [0.4, 0.5) is 0 Å². The Morgan fingerprint density at radius 1 is 0.882 bits per heavy atom. The van der Waals surface area contributed by atoms with Crippen LogP contribution in [0.1, 0.15) is 11.6 Å². The van der Waals surface area contributed by atoms with Crippen molar-refractivity contribution in [2.45, 2.75) is 6.04 Å². The zero-order valence-corrected chi connectivity index (χ0v) is 9.54. The molecule has 88 valence electrons. The Morgan fingerprint density at radius 2 is 1.47 bits per heavy atom. The topological polar surface area (TPSA) is 61.3 Å². The minimum absolute atomic E-state index is 0.110. The molecule has 0 fully saturated rings. The number of rotatable bonds is 4. The third kappa shape index (κ3) is 3.06. The first-order valence-corrected chi connectivity index (χ1v) is 5.58. The SMILES string of the molecule is NC[C@@H](N)c1ccc(Oc2ccccc2)cc1. The largest absolute Gasteiger partial charge is 0.457 e. The summed E-state index contributed by atoms with van der Waals surface area (Å²) in [5, 5.41) is 0. The highest BCUT2D eigenvalue weighted by molar-refractivity contribution is 5.33. The van der Waals surface area contributed by atoms with E-state index in [-0.39, 0.29) is 6.04 Å². The Bertz CT molecular complexity index is 453. The van der Waals surface area contributed by atoms with E-state index in [2.05, 4.69) is 0 Å². The third-order valence-corrected chi connectivity index (χ3v) is 2.54. The second-order valence-corrected chi connectivity index (χ2v) is 3.83. The van der Waals surface area contributed by atoms with Crippen LogP contribution in [0.5, 0.6) is 11.5 Å². The lowest BCUT2D eigenvalue weighted by Crippen LogP contribution is -2.20. The summed E-state index contributed by atoms with van der Waals surface area (Å²) in [4.78, 5) is 0. The predicted molar refractivity (Wildman–Crippen MR) is 68.9 cm³/mol. The molecule has 0 spiro atoms. The zero-order valence-electron chi connectivity index (χ0n) is 9.54. The molecular formula is C14H16N2O. The minimum atomic E-state index is -0.110. The predicted octanol–water partition coefficient (Wildman–Crippen LogP) is 2.44. The molecule has 0 saturated carbocycles. The number of benzene rings is 2. The van der Waals surface area contributed by atoms with E-state index in [1.807, 2.05) is 54.6 Å². The molecule has 0 heterocycles. The molecular weight excluding hydrogens is 212 g/mol. The van der Waals surface area contributed by atoms with Gasteiger partial charge in [-0.1, -0.05) is 30.3 Å². The van der Waals surface area contributed by atoms with Gasteiger partial charge in [0.05, 0.1) is 0 Å². The average molecular weight is 228 g/mol. The summed E-state index contributed by atoms with van der Waals surface area (Å²) in [5.41, 5.74) is 12.4. The first-order valence-electron chi connectivity index (χ1n) is 5.58. The Labute approximate surface area is 101 Å². The van der Waals surface area contributed by atoms with Crippen molar-refractivity contribution in [3.05, 3.63) is 60.2 Å². The highest BCUT2D eigenvalue weighted by Crippen LogP contribution is 2.22. The maximum absolute atomic E-state index is 5.83. The molecule has 4 N–H and O–H groups in total. The van der Waals surface area contributed by atoms with Crippen LogP contribution < -0.4 is 16.2 Å². The van der Waals surface area contributed by atoms with Crippen molar-refractivity contribution >= 4 is 0 Å². The van der Waals surface area contributed by atoms with Gasteiger partial charge in [-0.2, -0.15) is 0 Å². The second kappa shape index (κ2) is 5.48. The summed E-state index contributed by atoms with van der Waals surface area (Å²) in [6.07, 6.45) is 0. The molecule has 1 atom stereocenters. The van der Waals surface area contributed by atoms with Crippen molar-refractivity contribution in [1.29, 1.82) is 0 Å². The van der Waals surface area contributed by atoms with E-state index in [1.54, 1.807) is 0 Å². The van der Waals surface area contributed by atoms with Crippen molar-refractivity contribution in [2.75, 3.05) is 6.54 Å². The molecule has 0 bridgehead atoms.